The van der Waals surface area contributed by atoms with E-state index in [9.17, 15) is 4.79 Å². The van der Waals surface area contributed by atoms with Crippen LogP contribution in [0.4, 0.5) is 0 Å². The highest BCUT2D eigenvalue weighted by Crippen LogP contribution is 2.22. The Balaban J connectivity index is 1.98. The Bertz CT molecular complexity index is 427. The molecule has 1 aromatic carbocycles. The molecule has 0 saturated carbocycles. The van der Waals surface area contributed by atoms with E-state index in [1.165, 1.54) is 18.4 Å². The molecule has 0 aromatic heterocycles. The second-order valence-corrected chi connectivity index (χ2v) is 5.97. The maximum Gasteiger partial charge on any atom is 0.335 e. The van der Waals surface area contributed by atoms with Crippen LogP contribution in [-0.4, -0.2) is 29.1 Å². The predicted molar refractivity (Wildman–Crippen MR) is 76.2 cm³/mol. The fraction of sp³-hybridized carbons (Fsp3) is 0.562. The minimum Gasteiger partial charge on any atom is -0.478 e. The molecule has 3 nitrogen and oxygen atoms in total. The first-order valence-corrected chi connectivity index (χ1v) is 7.09. The summed E-state index contributed by atoms with van der Waals surface area (Å²) in [7, 11) is 0. The molecule has 0 spiro atoms. The minimum atomic E-state index is -0.858. The van der Waals surface area contributed by atoms with Crippen molar-refractivity contribution in [2.75, 3.05) is 13.1 Å². The summed E-state index contributed by atoms with van der Waals surface area (Å²) in [5, 5.41) is 8.89. The lowest BCUT2D eigenvalue weighted by atomic mass is 9.97. The van der Waals surface area contributed by atoms with Crippen molar-refractivity contribution in [2.45, 2.75) is 33.2 Å². The normalized spacial score (nSPS) is 24.9. The largest absolute Gasteiger partial charge is 0.478 e. The number of hydrogen-bond donors (Lipinski definition) is 1. The molecule has 0 radical (unpaired) electrons. The van der Waals surface area contributed by atoms with Gasteiger partial charge in [0.05, 0.1) is 5.56 Å². The third-order valence-electron chi connectivity index (χ3n) is 3.92. The topological polar surface area (TPSA) is 40.5 Å². The lowest BCUT2D eigenvalue weighted by Crippen LogP contribution is -2.27. The van der Waals surface area contributed by atoms with Gasteiger partial charge in [0.2, 0.25) is 0 Å². The second kappa shape index (κ2) is 6.20. The Morgan fingerprint density at radius 3 is 2.58 bits per heavy atom. The van der Waals surface area contributed by atoms with E-state index in [-0.39, 0.29) is 0 Å². The van der Waals surface area contributed by atoms with Gasteiger partial charge in [-0.2, -0.15) is 0 Å². The molecule has 19 heavy (non-hydrogen) atoms. The van der Waals surface area contributed by atoms with E-state index in [0.29, 0.717) is 5.56 Å². The maximum absolute atomic E-state index is 10.8. The van der Waals surface area contributed by atoms with Gasteiger partial charge < -0.3 is 5.11 Å². The fourth-order valence-electron chi connectivity index (χ4n) is 2.97. The van der Waals surface area contributed by atoms with E-state index in [4.69, 9.17) is 5.11 Å². The third kappa shape index (κ3) is 4.06. The van der Waals surface area contributed by atoms with Crippen molar-refractivity contribution in [2.24, 2.45) is 11.8 Å². The average molecular weight is 261 g/mol. The molecular weight excluding hydrogens is 238 g/mol. The van der Waals surface area contributed by atoms with E-state index in [1.54, 1.807) is 12.1 Å². The number of rotatable bonds is 3. The van der Waals surface area contributed by atoms with E-state index >= 15 is 0 Å². The molecule has 2 atom stereocenters. The molecule has 1 saturated heterocycles. The molecule has 1 aliphatic rings. The van der Waals surface area contributed by atoms with Crippen molar-refractivity contribution in [3.05, 3.63) is 35.4 Å². The molecule has 3 heteroatoms. The zero-order valence-electron chi connectivity index (χ0n) is 11.8. The third-order valence-corrected chi connectivity index (χ3v) is 3.92. The Morgan fingerprint density at radius 1 is 1.26 bits per heavy atom. The van der Waals surface area contributed by atoms with Crippen LogP contribution in [0.3, 0.4) is 0 Å². The molecule has 1 N–H and O–H groups in total. The molecule has 1 aliphatic heterocycles. The van der Waals surface area contributed by atoms with Gasteiger partial charge in [0, 0.05) is 13.1 Å². The molecule has 0 bridgehead atoms. The van der Waals surface area contributed by atoms with Crippen molar-refractivity contribution in [3.8, 4) is 0 Å². The number of carbonyl (C=O) groups is 1. The van der Waals surface area contributed by atoms with Gasteiger partial charge in [0.15, 0.2) is 0 Å². The van der Waals surface area contributed by atoms with Crippen LogP contribution < -0.4 is 0 Å². The van der Waals surface area contributed by atoms with Crippen LogP contribution in [0, 0.1) is 11.8 Å². The molecule has 2 rings (SSSR count). The lowest BCUT2D eigenvalue weighted by molar-refractivity contribution is 0.0697. The lowest BCUT2D eigenvalue weighted by Gasteiger charge is -2.22. The Morgan fingerprint density at radius 2 is 1.95 bits per heavy atom. The van der Waals surface area contributed by atoms with Crippen LogP contribution in [0.5, 0.6) is 0 Å². The minimum absolute atomic E-state index is 0.363. The number of carboxylic acid groups (broad SMARTS) is 1. The van der Waals surface area contributed by atoms with Crippen molar-refractivity contribution in [1.29, 1.82) is 0 Å². The van der Waals surface area contributed by atoms with Crippen LogP contribution in [0.2, 0.25) is 0 Å². The van der Waals surface area contributed by atoms with Crippen LogP contribution in [0.1, 0.15) is 42.6 Å². The van der Waals surface area contributed by atoms with Crippen molar-refractivity contribution < 1.29 is 9.90 Å². The summed E-state index contributed by atoms with van der Waals surface area (Å²) < 4.78 is 0. The zero-order valence-corrected chi connectivity index (χ0v) is 11.8. The molecule has 0 amide bonds. The summed E-state index contributed by atoms with van der Waals surface area (Å²) in [5.74, 6) is 0.703. The first-order valence-electron chi connectivity index (χ1n) is 7.09. The van der Waals surface area contributed by atoms with Gasteiger partial charge >= 0.3 is 5.97 Å². The van der Waals surface area contributed by atoms with Gasteiger partial charge in [-0.05, 0) is 48.9 Å². The molecule has 2 unspecified atom stereocenters. The molecule has 1 fully saturated rings. The second-order valence-electron chi connectivity index (χ2n) is 5.97. The maximum atomic E-state index is 10.8. The number of likely N-dealkylation sites (tertiary alicyclic amines) is 1. The number of carboxylic acids is 1. The SMILES string of the molecule is CC1CCN(Cc2ccc(C(=O)O)cc2)CC(C)C1. The highest BCUT2D eigenvalue weighted by atomic mass is 16.4. The Hall–Kier alpha value is -1.35. The fourth-order valence-corrected chi connectivity index (χ4v) is 2.97. The van der Waals surface area contributed by atoms with Gasteiger partial charge in [0.25, 0.3) is 0 Å². The van der Waals surface area contributed by atoms with E-state index in [2.05, 4.69) is 18.7 Å². The first kappa shape index (κ1) is 14.1. The molecule has 104 valence electrons. The summed E-state index contributed by atoms with van der Waals surface area (Å²) in [6.45, 7) is 7.87. The summed E-state index contributed by atoms with van der Waals surface area (Å²) in [5.41, 5.74) is 1.56. The standard InChI is InChI=1S/C16H23NO2/c1-12-7-8-17(10-13(2)9-12)11-14-3-5-15(6-4-14)16(18)19/h3-6,12-13H,7-11H2,1-2H3,(H,18,19). The van der Waals surface area contributed by atoms with Gasteiger partial charge in [-0.3, -0.25) is 4.90 Å². The number of hydrogen-bond acceptors (Lipinski definition) is 2. The molecular formula is C16H23NO2. The van der Waals surface area contributed by atoms with E-state index in [0.717, 1.165) is 31.5 Å². The van der Waals surface area contributed by atoms with E-state index < -0.39 is 5.97 Å². The average Bonchev–Trinajstić information content (AvgIpc) is 2.51. The van der Waals surface area contributed by atoms with Crippen LogP contribution in [0.15, 0.2) is 24.3 Å². The van der Waals surface area contributed by atoms with E-state index in [1.807, 2.05) is 12.1 Å². The van der Waals surface area contributed by atoms with Gasteiger partial charge in [0.1, 0.15) is 0 Å². The van der Waals surface area contributed by atoms with Crippen LogP contribution in [0.25, 0.3) is 0 Å². The number of aromatic carboxylic acids is 1. The summed E-state index contributed by atoms with van der Waals surface area (Å²) in [6.07, 6.45) is 2.58. The number of benzene rings is 1. The summed E-state index contributed by atoms with van der Waals surface area (Å²) in [6, 6.07) is 7.26. The van der Waals surface area contributed by atoms with Crippen molar-refractivity contribution >= 4 is 5.97 Å². The summed E-state index contributed by atoms with van der Waals surface area (Å²) in [4.78, 5) is 13.3. The van der Waals surface area contributed by atoms with Gasteiger partial charge in [-0.25, -0.2) is 4.79 Å². The Labute approximate surface area is 115 Å². The first-order chi connectivity index (χ1) is 9.04. The van der Waals surface area contributed by atoms with Crippen LogP contribution >= 0.6 is 0 Å². The zero-order chi connectivity index (χ0) is 13.8. The highest BCUT2D eigenvalue weighted by molar-refractivity contribution is 5.87. The van der Waals surface area contributed by atoms with Gasteiger partial charge in [-0.15, -0.1) is 0 Å². The highest BCUT2D eigenvalue weighted by Gasteiger charge is 2.19. The van der Waals surface area contributed by atoms with Crippen molar-refractivity contribution in [3.63, 3.8) is 0 Å². The molecule has 1 aromatic rings. The van der Waals surface area contributed by atoms with Crippen molar-refractivity contribution in [1.82, 2.24) is 4.90 Å². The monoisotopic (exact) mass is 261 g/mol. The molecule has 1 heterocycles. The predicted octanol–water partition coefficient (Wildman–Crippen LogP) is 3.25. The molecule has 0 aliphatic carbocycles. The van der Waals surface area contributed by atoms with Crippen LogP contribution in [-0.2, 0) is 6.54 Å². The number of nitrogens with zero attached hydrogens (tertiary/aromatic N) is 1. The Kier molecular flexibility index (Phi) is 4.59. The smallest absolute Gasteiger partial charge is 0.335 e. The summed E-state index contributed by atoms with van der Waals surface area (Å²) >= 11 is 0. The van der Waals surface area contributed by atoms with Gasteiger partial charge in [-0.1, -0.05) is 26.0 Å². The quantitative estimate of drug-likeness (QED) is 0.908.